The lowest BCUT2D eigenvalue weighted by molar-refractivity contribution is -0.142. The summed E-state index contributed by atoms with van der Waals surface area (Å²) in [5, 5.41) is 27.0. The number of aromatic hydroxyl groups is 1. The molecule has 2 amide bonds. The number of amides is 2. The first-order valence-electron chi connectivity index (χ1n) is 9.42. The standard InChI is InChI=1S/C20H31N3O5/c1-12(2)9-16(22-18(25)11-21-13(3)4)19(26)23-17(20(27)28)10-14-5-7-15(24)8-6-14/h5-8,12-13,16-17,21,24H,9-11H2,1-4H3,(H,22,25)(H,23,26)(H,27,28). The fourth-order valence-corrected chi connectivity index (χ4v) is 2.59. The van der Waals surface area contributed by atoms with E-state index in [1.165, 1.54) is 12.1 Å². The van der Waals surface area contributed by atoms with Crippen LogP contribution in [0.15, 0.2) is 24.3 Å². The van der Waals surface area contributed by atoms with Crippen LogP contribution in [0.1, 0.15) is 39.7 Å². The molecule has 0 aliphatic carbocycles. The van der Waals surface area contributed by atoms with Crippen molar-refractivity contribution in [1.29, 1.82) is 0 Å². The molecular formula is C20H31N3O5. The first-order chi connectivity index (χ1) is 13.1. The van der Waals surface area contributed by atoms with Gasteiger partial charge in [-0.05, 0) is 30.0 Å². The van der Waals surface area contributed by atoms with Crippen LogP contribution in [0.5, 0.6) is 5.75 Å². The third kappa shape index (κ3) is 8.85. The Labute approximate surface area is 165 Å². The second-order valence-electron chi connectivity index (χ2n) is 7.56. The molecule has 1 aromatic carbocycles. The number of aliphatic carboxylic acids is 1. The Morgan fingerprint density at radius 1 is 0.964 bits per heavy atom. The summed E-state index contributed by atoms with van der Waals surface area (Å²) in [6, 6.07) is 4.29. The number of carboxylic acid groups (broad SMARTS) is 1. The Kier molecular flexibility index (Phi) is 9.44. The molecular weight excluding hydrogens is 362 g/mol. The van der Waals surface area contributed by atoms with Gasteiger partial charge in [-0.15, -0.1) is 0 Å². The lowest BCUT2D eigenvalue weighted by Gasteiger charge is -2.23. The van der Waals surface area contributed by atoms with Gasteiger partial charge in [0.25, 0.3) is 0 Å². The number of phenolic OH excluding ortho intramolecular Hbond substituents is 1. The number of hydrogen-bond acceptors (Lipinski definition) is 5. The van der Waals surface area contributed by atoms with Crippen LogP contribution >= 0.6 is 0 Å². The molecule has 2 atom stereocenters. The molecule has 0 fully saturated rings. The number of benzene rings is 1. The topological polar surface area (TPSA) is 128 Å². The van der Waals surface area contributed by atoms with Gasteiger partial charge in [0.1, 0.15) is 17.8 Å². The third-order valence-electron chi connectivity index (χ3n) is 4.02. The minimum Gasteiger partial charge on any atom is -0.508 e. The van der Waals surface area contributed by atoms with Crippen molar-refractivity contribution in [2.45, 2.75) is 58.7 Å². The van der Waals surface area contributed by atoms with Gasteiger partial charge >= 0.3 is 5.97 Å². The molecule has 0 heterocycles. The predicted molar refractivity (Wildman–Crippen MR) is 106 cm³/mol. The lowest BCUT2D eigenvalue weighted by atomic mass is 10.0. The van der Waals surface area contributed by atoms with Crippen LogP contribution in [-0.2, 0) is 20.8 Å². The molecule has 0 saturated heterocycles. The molecule has 0 aromatic heterocycles. The Bertz CT molecular complexity index is 658. The second-order valence-corrected chi connectivity index (χ2v) is 7.56. The van der Waals surface area contributed by atoms with E-state index in [1.54, 1.807) is 12.1 Å². The quantitative estimate of drug-likeness (QED) is 0.382. The molecule has 0 spiro atoms. The molecule has 156 valence electrons. The van der Waals surface area contributed by atoms with E-state index in [2.05, 4.69) is 16.0 Å². The average Bonchev–Trinajstić information content (AvgIpc) is 2.60. The Hall–Kier alpha value is -2.61. The van der Waals surface area contributed by atoms with Crippen LogP contribution in [0, 0.1) is 5.92 Å². The largest absolute Gasteiger partial charge is 0.508 e. The molecule has 0 aliphatic rings. The van der Waals surface area contributed by atoms with Crippen molar-refractivity contribution in [2.24, 2.45) is 5.92 Å². The van der Waals surface area contributed by atoms with Gasteiger partial charge in [-0.1, -0.05) is 39.8 Å². The van der Waals surface area contributed by atoms with Gasteiger partial charge < -0.3 is 26.2 Å². The van der Waals surface area contributed by atoms with Crippen LogP contribution in [0.3, 0.4) is 0 Å². The second kappa shape index (κ2) is 11.3. The highest BCUT2D eigenvalue weighted by Gasteiger charge is 2.27. The maximum absolute atomic E-state index is 12.7. The van der Waals surface area contributed by atoms with Crippen molar-refractivity contribution >= 4 is 17.8 Å². The smallest absolute Gasteiger partial charge is 0.326 e. The summed E-state index contributed by atoms with van der Waals surface area (Å²) >= 11 is 0. The molecule has 0 bridgehead atoms. The minimum atomic E-state index is -1.17. The summed E-state index contributed by atoms with van der Waals surface area (Å²) in [6.45, 7) is 7.74. The van der Waals surface area contributed by atoms with E-state index < -0.39 is 24.0 Å². The van der Waals surface area contributed by atoms with Gasteiger partial charge in [-0.2, -0.15) is 0 Å². The van der Waals surface area contributed by atoms with Crippen molar-refractivity contribution in [3.63, 3.8) is 0 Å². The van der Waals surface area contributed by atoms with Gasteiger partial charge in [-0.25, -0.2) is 4.79 Å². The fourth-order valence-electron chi connectivity index (χ4n) is 2.59. The normalized spacial score (nSPS) is 13.2. The Morgan fingerprint density at radius 2 is 1.57 bits per heavy atom. The fraction of sp³-hybridized carbons (Fsp3) is 0.550. The number of phenols is 1. The first kappa shape index (κ1) is 23.4. The molecule has 8 nitrogen and oxygen atoms in total. The molecule has 0 aliphatic heterocycles. The van der Waals surface area contributed by atoms with Crippen molar-refractivity contribution in [3.05, 3.63) is 29.8 Å². The number of hydrogen-bond donors (Lipinski definition) is 5. The molecule has 5 N–H and O–H groups in total. The number of carbonyl (C=O) groups excluding carboxylic acids is 2. The highest BCUT2D eigenvalue weighted by molar-refractivity contribution is 5.91. The SMILES string of the molecule is CC(C)CC(NC(=O)CNC(C)C)C(=O)NC(Cc1ccc(O)cc1)C(=O)O. The van der Waals surface area contributed by atoms with E-state index in [9.17, 15) is 24.6 Å². The highest BCUT2D eigenvalue weighted by atomic mass is 16.4. The van der Waals surface area contributed by atoms with Gasteiger partial charge in [0.05, 0.1) is 6.54 Å². The molecule has 0 saturated carbocycles. The molecule has 1 rings (SSSR count). The number of carboxylic acids is 1. The van der Waals surface area contributed by atoms with Crippen LogP contribution in [-0.4, -0.2) is 52.7 Å². The zero-order valence-electron chi connectivity index (χ0n) is 16.9. The van der Waals surface area contributed by atoms with Gasteiger partial charge in [-0.3, -0.25) is 9.59 Å². The van der Waals surface area contributed by atoms with E-state index >= 15 is 0 Å². The Morgan fingerprint density at radius 3 is 2.07 bits per heavy atom. The lowest BCUT2D eigenvalue weighted by Crippen LogP contribution is -2.54. The van der Waals surface area contributed by atoms with Crippen molar-refractivity contribution in [1.82, 2.24) is 16.0 Å². The molecule has 1 aromatic rings. The predicted octanol–water partition coefficient (Wildman–Crippen LogP) is 1.03. The summed E-state index contributed by atoms with van der Waals surface area (Å²) in [5.41, 5.74) is 0.663. The van der Waals surface area contributed by atoms with Crippen molar-refractivity contribution in [3.8, 4) is 5.75 Å². The van der Waals surface area contributed by atoms with E-state index in [4.69, 9.17) is 0 Å². The van der Waals surface area contributed by atoms with E-state index in [1.807, 2.05) is 27.7 Å². The summed E-state index contributed by atoms with van der Waals surface area (Å²) in [4.78, 5) is 36.3. The minimum absolute atomic E-state index is 0.0681. The van der Waals surface area contributed by atoms with Crippen LogP contribution in [0.4, 0.5) is 0 Å². The summed E-state index contributed by atoms with van der Waals surface area (Å²) < 4.78 is 0. The number of carbonyl (C=O) groups is 3. The molecule has 8 heteroatoms. The van der Waals surface area contributed by atoms with E-state index in [0.717, 1.165) is 0 Å². The monoisotopic (exact) mass is 393 g/mol. The number of nitrogens with one attached hydrogen (secondary N) is 3. The first-order valence-corrected chi connectivity index (χ1v) is 9.42. The van der Waals surface area contributed by atoms with E-state index in [0.29, 0.717) is 12.0 Å². The summed E-state index contributed by atoms with van der Waals surface area (Å²) in [6.07, 6.45) is 0.462. The van der Waals surface area contributed by atoms with Crippen molar-refractivity contribution < 1.29 is 24.6 Å². The summed E-state index contributed by atoms with van der Waals surface area (Å²) in [7, 11) is 0. The molecule has 0 radical (unpaired) electrons. The summed E-state index contributed by atoms with van der Waals surface area (Å²) in [5.74, 6) is -1.81. The zero-order chi connectivity index (χ0) is 21.3. The van der Waals surface area contributed by atoms with Crippen molar-refractivity contribution in [2.75, 3.05) is 6.54 Å². The zero-order valence-corrected chi connectivity index (χ0v) is 16.9. The highest BCUT2D eigenvalue weighted by Crippen LogP contribution is 2.12. The van der Waals surface area contributed by atoms with Crippen LogP contribution in [0.25, 0.3) is 0 Å². The molecule has 2 unspecified atom stereocenters. The third-order valence-corrected chi connectivity index (χ3v) is 4.02. The Balaban J connectivity index is 2.79. The van der Waals surface area contributed by atoms with Crippen LogP contribution in [0.2, 0.25) is 0 Å². The van der Waals surface area contributed by atoms with E-state index in [-0.39, 0.29) is 36.6 Å². The maximum atomic E-state index is 12.7. The van der Waals surface area contributed by atoms with Gasteiger partial charge in [0.2, 0.25) is 11.8 Å². The van der Waals surface area contributed by atoms with Gasteiger partial charge in [0.15, 0.2) is 0 Å². The number of rotatable bonds is 11. The average molecular weight is 393 g/mol. The van der Waals surface area contributed by atoms with Crippen LogP contribution < -0.4 is 16.0 Å². The molecule has 28 heavy (non-hydrogen) atoms. The maximum Gasteiger partial charge on any atom is 0.326 e. The van der Waals surface area contributed by atoms with Gasteiger partial charge in [0, 0.05) is 12.5 Å².